The van der Waals surface area contributed by atoms with Gasteiger partial charge in [-0.25, -0.2) is 19.3 Å². The molecule has 0 aliphatic heterocycles. The van der Waals surface area contributed by atoms with Crippen molar-refractivity contribution < 1.29 is 14.6 Å². The molecule has 3 aromatic heterocycles. The van der Waals surface area contributed by atoms with Crippen molar-refractivity contribution >= 4 is 11.6 Å². The normalized spacial score (nSPS) is 10.9. The van der Waals surface area contributed by atoms with Crippen LogP contribution in [0.25, 0.3) is 17.0 Å². The zero-order chi connectivity index (χ0) is 17.9. The molecular formula is C18H15N5O3. The molecule has 0 unspecified atom stereocenters. The maximum absolute atomic E-state index is 10.6. The molecule has 3 heterocycles. The lowest BCUT2D eigenvalue weighted by atomic mass is 10.2. The fourth-order valence-electron chi connectivity index (χ4n) is 2.74. The van der Waals surface area contributed by atoms with Gasteiger partial charge in [0.1, 0.15) is 17.9 Å². The van der Waals surface area contributed by atoms with E-state index < -0.39 is 5.97 Å². The van der Waals surface area contributed by atoms with E-state index in [1.807, 2.05) is 41.1 Å². The molecule has 4 rings (SSSR count). The van der Waals surface area contributed by atoms with Gasteiger partial charge in [0.15, 0.2) is 12.3 Å². The molecule has 0 aliphatic carbocycles. The minimum absolute atomic E-state index is 0.365. The maximum Gasteiger partial charge on any atom is 0.341 e. The Labute approximate surface area is 148 Å². The quantitative estimate of drug-likeness (QED) is 0.573. The number of ether oxygens (including phenoxy) is 1. The number of aromatic nitrogens is 5. The highest BCUT2D eigenvalue weighted by atomic mass is 16.5. The zero-order valence-corrected chi connectivity index (χ0v) is 13.7. The van der Waals surface area contributed by atoms with Gasteiger partial charge in [-0.1, -0.05) is 6.07 Å². The molecule has 8 heteroatoms. The third-order valence-electron chi connectivity index (χ3n) is 3.90. The second kappa shape index (κ2) is 6.67. The highest BCUT2D eigenvalue weighted by molar-refractivity contribution is 5.68. The van der Waals surface area contributed by atoms with E-state index in [2.05, 4.69) is 15.1 Å². The first-order chi connectivity index (χ1) is 12.7. The molecule has 0 spiro atoms. The number of carboxylic acid groups (broad SMARTS) is 1. The van der Waals surface area contributed by atoms with E-state index in [1.165, 1.54) is 6.33 Å². The number of aliphatic carboxylic acids is 1. The van der Waals surface area contributed by atoms with Gasteiger partial charge in [0, 0.05) is 18.0 Å². The number of rotatable bonds is 6. The number of nitrogens with zero attached hydrogens (tertiary/aromatic N) is 5. The highest BCUT2D eigenvalue weighted by Gasteiger charge is 2.09. The molecule has 4 aromatic rings. The number of pyridine rings is 1. The third kappa shape index (κ3) is 3.12. The molecular weight excluding hydrogens is 334 g/mol. The van der Waals surface area contributed by atoms with Crippen LogP contribution >= 0.6 is 0 Å². The summed E-state index contributed by atoms with van der Waals surface area (Å²) in [5.41, 5.74) is 2.69. The maximum atomic E-state index is 10.6. The average molecular weight is 349 g/mol. The lowest BCUT2D eigenvalue weighted by Gasteiger charge is -2.10. The van der Waals surface area contributed by atoms with E-state index in [9.17, 15) is 4.79 Å². The van der Waals surface area contributed by atoms with E-state index in [-0.39, 0.29) is 6.61 Å². The van der Waals surface area contributed by atoms with Crippen LogP contribution in [-0.4, -0.2) is 41.8 Å². The molecule has 26 heavy (non-hydrogen) atoms. The topological polar surface area (TPSA) is 94.5 Å². The van der Waals surface area contributed by atoms with E-state index in [1.54, 1.807) is 22.8 Å². The molecule has 8 nitrogen and oxygen atoms in total. The van der Waals surface area contributed by atoms with E-state index in [4.69, 9.17) is 9.84 Å². The Bertz CT molecular complexity index is 1050. The molecule has 0 radical (unpaired) electrons. The second-order valence-electron chi connectivity index (χ2n) is 5.63. The van der Waals surface area contributed by atoms with Crippen LogP contribution in [0, 0.1) is 0 Å². The number of imidazole rings is 1. The predicted molar refractivity (Wildman–Crippen MR) is 92.9 cm³/mol. The Morgan fingerprint density at radius 3 is 2.77 bits per heavy atom. The number of benzene rings is 1. The van der Waals surface area contributed by atoms with Crippen molar-refractivity contribution in [1.29, 1.82) is 0 Å². The first kappa shape index (κ1) is 15.8. The zero-order valence-electron chi connectivity index (χ0n) is 13.7. The minimum atomic E-state index is -1.01. The number of fused-ring (bicyclic) bond motifs is 1. The van der Waals surface area contributed by atoms with Gasteiger partial charge in [-0.05, 0) is 36.4 Å². The Morgan fingerprint density at radius 1 is 1.12 bits per heavy atom. The largest absolute Gasteiger partial charge is 0.482 e. The van der Waals surface area contributed by atoms with Crippen LogP contribution in [0.2, 0.25) is 0 Å². The molecule has 1 aromatic carbocycles. The number of hydrogen-bond acceptors (Lipinski definition) is 5. The Hall–Kier alpha value is -3.68. The summed E-state index contributed by atoms with van der Waals surface area (Å²) in [6.45, 7) is 0.225. The fourth-order valence-corrected chi connectivity index (χ4v) is 2.74. The summed E-state index contributed by atoms with van der Waals surface area (Å²) in [5, 5.41) is 12.9. The van der Waals surface area contributed by atoms with Gasteiger partial charge in [0.25, 0.3) is 0 Å². The van der Waals surface area contributed by atoms with Crippen molar-refractivity contribution in [3.8, 4) is 17.1 Å². The molecule has 130 valence electrons. The van der Waals surface area contributed by atoms with Crippen LogP contribution in [0.4, 0.5) is 0 Å². The molecule has 0 saturated heterocycles. The molecule has 0 bridgehead atoms. The van der Waals surface area contributed by atoms with Crippen LogP contribution in [0.15, 0.2) is 61.2 Å². The van der Waals surface area contributed by atoms with E-state index in [0.717, 1.165) is 22.7 Å². The van der Waals surface area contributed by atoms with Gasteiger partial charge < -0.3 is 14.4 Å². The van der Waals surface area contributed by atoms with E-state index in [0.29, 0.717) is 12.3 Å². The van der Waals surface area contributed by atoms with Crippen molar-refractivity contribution in [3.63, 3.8) is 0 Å². The fraction of sp³-hybridized carbons (Fsp3) is 0.111. The standard InChI is InChI=1S/C18H15N5O3/c24-17(25)11-26-15-6-4-13(5-7-15)18-19-8-9-22(18)10-14-2-1-3-16-20-12-21-23(14)16/h1-9,12H,10-11H2,(H,24,25). The molecule has 0 atom stereocenters. The van der Waals surface area contributed by atoms with Crippen LogP contribution in [0.1, 0.15) is 5.69 Å². The van der Waals surface area contributed by atoms with Crippen molar-refractivity contribution in [2.24, 2.45) is 0 Å². The summed E-state index contributed by atoms with van der Waals surface area (Å²) < 4.78 is 8.98. The van der Waals surface area contributed by atoms with Gasteiger partial charge in [0.05, 0.1) is 12.2 Å². The summed E-state index contributed by atoms with van der Waals surface area (Å²) >= 11 is 0. The molecule has 0 amide bonds. The van der Waals surface area contributed by atoms with Crippen molar-refractivity contribution in [2.75, 3.05) is 6.61 Å². The molecule has 0 saturated carbocycles. The summed E-state index contributed by atoms with van der Waals surface area (Å²) in [5.74, 6) is 0.292. The van der Waals surface area contributed by atoms with Crippen molar-refractivity contribution in [2.45, 2.75) is 6.54 Å². The Kier molecular flexibility index (Phi) is 4.06. The lowest BCUT2D eigenvalue weighted by Crippen LogP contribution is -2.09. The molecule has 0 aliphatic rings. The average Bonchev–Trinajstić information content (AvgIpc) is 3.30. The minimum Gasteiger partial charge on any atom is -0.482 e. The van der Waals surface area contributed by atoms with Crippen LogP contribution in [0.5, 0.6) is 5.75 Å². The molecule has 0 fully saturated rings. The predicted octanol–water partition coefficient (Wildman–Crippen LogP) is 2.10. The second-order valence-corrected chi connectivity index (χ2v) is 5.63. The summed E-state index contributed by atoms with van der Waals surface area (Å²) in [7, 11) is 0. The van der Waals surface area contributed by atoms with Gasteiger partial charge in [0.2, 0.25) is 0 Å². The number of hydrogen-bond donors (Lipinski definition) is 1. The van der Waals surface area contributed by atoms with Crippen LogP contribution < -0.4 is 4.74 Å². The molecule has 1 N–H and O–H groups in total. The monoisotopic (exact) mass is 349 g/mol. The van der Waals surface area contributed by atoms with Gasteiger partial charge in [-0.2, -0.15) is 5.10 Å². The first-order valence-electron chi connectivity index (χ1n) is 7.94. The van der Waals surface area contributed by atoms with Gasteiger partial charge in [-0.3, -0.25) is 0 Å². The smallest absolute Gasteiger partial charge is 0.341 e. The third-order valence-corrected chi connectivity index (χ3v) is 3.90. The SMILES string of the molecule is O=C(O)COc1ccc(-c2nccn2Cc2cccc3ncnn23)cc1. The van der Waals surface area contributed by atoms with Crippen LogP contribution in [-0.2, 0) is 11.3 Å². The van der Waals surface area contributed by atoms with Crippen molar-refractivity contribution in [1.82, 2.24) is 24.1 Å². The number of carbonyl (C=O) groups is 1. The lowest BCUT2D eigenvalue weighted by molar-refractivity contribution is -0.139. The first-order valence-corrected chi connectivity index (χ1v) is 7.94. The summed E-state index contributed by atoms with van der Waals surface area (Å²) in [4.78, 5) is 19.2. The summed E-state index contributed by atoms with van der Waals surface area (Å²) in [6.07, 6.45) is 5.18. The number of carboxylic acids is 1. The highest BCUT2D eigenvalue weighted by Crippen LogP contribution is 2.22. The van der Waals surface area contributed by atoms with Gasteiger partial charge >= 0.3 is 5.97 Å². The van der Waals surface area contributed by atoms with Crippen LogP contribution in [0.3, 0.4) is 0 Å². The van der Waals surface area contributed by atoms with E-state index >= 15 is 0 Å². The Morgan fingerprint density at radius 2 is 1.96 bits per heavy atom. The van der Waals surface area contributed by atoms with Gasteiger partial charge in [-0.15, -0.1) is 0 Å². The Balaban J connectivity index is 1.59. The summed E-state index contributed by atoms with van der Waals surface area (Å²) in [6, 6.07) is 13.0. The van der Waals surface area contributed by atoms with Crippen molar-refractivity contribution in [3.05, 3.63) is 66.9 Å².